The van der Waals surface area contributed by atoms with E-state index in [1.807, 2.05) is 0 Å². The van der Waals surface area contributed by atoms with E-state index in [9.17, 15) is 19.8 Å². The lowest BCUT2D eigenvalue weighted by molar-refractivity contribution is -0.143. The molecule has 0 aliphatic rings. The lowest BCUT2D eigenvalue weighted by Gasteiger charge is -2.22. The van der Waals surface area contributed by atoms with Crippen LogP contribution in [0.5, 0.6) is 0 Å². The molecular weight excluding hydrogens is 887 g/mol. The largest absolute Gasteiger partial charge is 0.466 e. The fourth-order valence-electron chi connectivity index (χ4n) is 10.5. The van der Waals surface area contributed by atoms with E-state index in [4.69, 9.17) is 4.74 Å². The van der Waals surface area contributed by atoms with Crippen molar-refractivity contribution in [3.8, 4) is 0 Å². The molecule has 428 valence electrons. The molecular formula is C66H129NO5. The summed E-state index contributed by atoms with van der Waals surface area (Å²) >= 11 is 0. The Kier molecular flexibility index (Phi) is 60.9. The Bertz CT molecular complexity index is 1080. The number of allylic oxidation sites excluding steroid dienone is 2. The van der Waals surface area contributed by atoms with E-state index in [-0.39, 0.29) is 18.5 Å². The maximum atomic E-state index is 12.4. The van der Waals surface area contributed by atoms with Crippen LogP contribution in [0, 0.1) is 0 Å². The Balaban J connectivity index is 3.31. The van der Waals surface area contributed by atoms with E-state index in [0.29, 0.717) is 25.9 Å². The lowest BCUT2D eigenvalue weighted by Crippen LogP contribution is -2.45. The minimum atomic E-state index is -0.660. The van der Waals surface area contributed by atoms with Crippen LogP contribution >= 0.6 is 0 Å². The molecule has 0 aromatic rings. The first kappa shape index (κ1) is 70.6. The zero-order chi connectivity index (χ0) is 52.2. The Morgan fingerprint density at radius 3 is 0.986 bits per heavy atom. The summed E-state index contributed by atoms with van der Waals surface area (Å²) in [5, 5.41) is 23.1. The van der Waals surface area contributed by atoms with Crippen LogP contribution in [0.15, 0.2) is 12.2 Å². The molecule has 1 amide bonds. The number of unbranched alkanes of at least 4 members (excludes halogenated alkanes) is 49. The molecule has 0 aliphatic carbocycles. The van der Waals surface area contributed by atoms with E-state index in [1.165, 1.54) is 302 Å². The number of carbonyl (C=O) groups is 2. The van der Waals surface area contributed by atoms with Crippen LogP contribution in [0.25, 0.3) is 0 Å². The number of esters is 1. The molecule has 0 aromatic carbocycles. The van der Waals surface area contributed by atoms with Crippen molar-refractivity contribution in [1.29, 1.82) is 0 Å². The monoisotopic (exact) mass is 1020 g/mol. The van der Waals surface area contributed by atoms with E-state index >= 15 is 0 Å². The van der Waals surface area contributed by atoms with Crippen molar-refractivity contribution in [2.24, 2.45) is 0 Å². The van der Waals surface area contributed by atoms with Gasteiger partial charge in [0, 0.05) is 12.8 Å². The second kappa shape index (κ2) is 62.1. The number of amides is 1. The molecule has 0 saturated carbocycles. The van der Waals surface area contributed by atoms with Gasteiger partial charge in [0.15, 0.2) is 0 Å². The summed E-state index contributed by atoms with van der Waals surface area (Å²) in [4.78, 5) is 24.5. The molecule has 0 saturated heterocycles. The zero-order valence-electron chi connectivity index (χ0n) is 48.9. The van der Waals surface area contributed by atoms with Gasteiger partial charge in [0.1, 0.15) is 0 Å². The van der Waals surface area contributed by atoms with Crippen molar-refractivity contribution in [3.05, 3.63) is 12.2 Å². The Morgan fingerprint density at radius 2 is 0.653 bits per heavy atom. The van der Waals surface area contributed by atoms with Crippen LogP contribution in [0.1, 0.15) is 373 Å². The fourth-order valence-corrected chi connectivity index (χ4v) is 10.5. The average molecular weight is 1020 g/mol. The van der Waals surface area contributed by atoms with Gasteiger partial charge in [0.25, 0.3) is 0 Å². The minimum absolute atomic E-state index is 0.0212. The highest BCUT2D eigenvalue weighted by Gasteiger charge is 2.20. The highest BCUT2D eigenvalue weighted by Crippen LogP contribution is 2.18. The number of hydrogen-bond acceptors (Lipinski definition) is 5. The highest BCUT2D eigenvalue weighted by atomic mass is 16.5. The summed E-state index contributed by atoms with van der Waals surface area (Å²) < 4.78 is 5.50. The third-order valence-corrected chi connectivity index (χ3v) is 15.6. The molecule has 0 aliphatic heterocycles. The molecule has 0 bridgehead atoms. The summed E-state index contributed by atoms with van der Waals surface area (Å²) in [6, 6.07) is -0.537. The van der Waals surface area contributed by atoms with Crippen LogP contribution in [0.2, 0.25) is 0 Å². The summed E-state index contributed by atoms with van der Waals surface area (Å²) in [5.41, 5.74) is 0. The SMILES string of the molecule is CCCCCCCCCCCCCCCCCCC(=O)OCCCCCCCCCCCCCC/C=C\CCCCCCCCCCCCCCCCC(=O)NC(CO)C(O)CCCCCCCCCCC. The second-order valence-electron chi connectivity index (χ2n) is 22.8. The summed E-state index contributed by atoms with van der Waals surface area (Å²) in [6.07, 6.45) is 75.5. The summed E-state index contributed by atoms with van der Waals surface area (Å²) in [6.45, 7) is 4.96. The van der Waals surface area contributed by atoms with Gasteiger partial charge in [-0.05, 0) is 51.4 Å². The smallest absolute Gasteiger partial charge is 0.305 e. The molecule has 0 spiro atoms. The molecule has 2 atom stereocenters. The third kappa shape index (κ3) is 57.9. The molecule has 0 rings (SSSR count). The van der Waals surface area contributed by atoms with Gasteiger partial charge >= 0.3 is 5.97 Å². The van der Waals surface area contributed by atoms with Gasteiger partial charge in [-0.2, -0.15) is 0 Å². The first-order chi connectivity index (χ1) is 35.5. The van der Waals surface area contributed by atoms with E-state index in [1.54, 1.807) is 0 Å². The van der Waals surface area contributed by atoms with Crippen LogP contribution in [-0.4, -0.2) is 47.4 Å². The average Bonchev–Trinajstić information content (AvgIpc) is 3.38. The first-order valence-corrected chi connectivity index (χ1v) is 32.9. The number of aliphatic hydroxyl groups excluding tert-OH is 2. The first-order valence-electron chi connectivity index (χ1n) is 32.9. The number of aliphatic hydroxyl groups is 2. The van der Waals surface area contributed by atoms with E-state index in [0.717, 1.165) is 38.5 Å². The van der Waals surface area contributed by atoms with Crippen molar-refractivity contribution in [1.82, 2.24) is 5.32 Å². The number of ether oxygens (including phenoxy) is 1. The topological polar surface area (TPSA) is 95.9 Å². The van der Waals surface area contributed by atoms with Gasteiger partial charge in [-0.3, -0.25) is 9.59 Å². The molecule has 0 radical (unpaired) electrons. The van der Waals surface area contributed by atoms with E-state index < -0.39 is 12.1 Å². The molecule has 6 nitrogen and oxygen atoms in total. The van der Waals surface area contributed by atoms with Crippen molar-refractivity contribution in [3.63, 3.8) is 0 Å². The predicted molar refractivity (Wildman–Crippen MR) is 315 cm³/mol. The van der Waals surface area contributed by atoms with E-state index in [2.05, 4.69) is 31.3 Å². The van der Waals surface area contributed by atoms with Gasteiger partial charge in [-0.15, -0.1) is 0 Å². The molecule has 72 heavy (non-hydrogen) atoms. The van der Waals surface area contributed by atoms with Crippen molar-refractivity contribution in [2.45, 2.75) is 386 Å². The Labute approximate surface area is 450 Å². The molecule has 3 N–H and O–H groups in total. The molecule has 6 heteroatoms. The van der Waals surface area contributed by atoms with Crippen molar-refractivity contribution >= 4 is 11.9 Å². The lowest BCUT2D eigenvalue weighted by atomic mass is 10.0. The van der Waals surface area contributed by atoms with Gasteiger partial charge in [-0.1, -0.05) is 321 Å². The van der Waals surface area contributed by atoms with Crippen LogP contribution < -0.4 is 5.32 Å². The van der Waals surface area contributed by atoms with Crippen molar-refractivity contribution < 1.29 is 24.5 Å². The van der Waals surface area contributed by atoms with Crippen LogP contribution in [-0.2, 0) is 14.3 Å². The van der Waals surface area contributed by atoms with Crippen molar-refractivity contribution in [2.75, 3.05) is 13.2 Å². The maximum Gasteiger partial charge on any atom is 0.305 e. The highest BCUT2D eigenvalue weighted by molar-refractivity contribution is 5.76. The minimum Gasteiger partial charge on any atom is -0.466 e. The number of carbonyl (C=O) groups excluding carboxylic acids is 2. The van der Waals surface area contributed by atoms with Gasteiger partial charge < -0.3 is 20.3 Å². The second-order valence-corrected chi connectivity index (χ2v) is 22.8. The zero-order valence-corrected chi connectivity index (χ0v) is 48.9. The molecule has 0 fully saturated rings. The normalized spacial score (nSPS) is 12.6. The van der Waals surface area contributed by atoms with Crippen LogP contribution in [0.4, 0.5) is 0 Å². The number of rotatable bonds is 62. The van der Waals surface area contributed by atoms with Gasteiger partial charge in [-0.25, -0.2) is 0 Å². The van der Waals surface area contributed by atoms with Gasteiger partial charge in [0.2, 0.25) is 5.91 Å². The maximum absolute atomic E-state index is 12.4. The van der Waals surface area contributed by atoms with Gasteiger partial charge in [0.05, 0.1) is 25.4 Å². The molecule has 2 unspecified atom stereocenters. The predicted octanol–water partition coefficient (Wildman–Crippen LogP) is 20.8. The quantitative estimate of drug-likeness (QED) is 0.0320. The fraction of sp³-hybridized carbons (Fsp3) is 0.939. The molecule has 0 aromatic heterocycles. The summed E-state index contributed by atoms with van der Waals surface area (Å²) in [7, 11) is 0. The Morgan fingerprint density at radius 1 is 0.375 bits per heavy atom. The number of hydrogen-bond donors (Lipinski definition) is 3. The Hall–Kier alpha value is -1.40. The molecule has 0 heterocycles. The number of nitrogens with one attached hydrogen (secondary N) is 1. The summed E-state index contributed by atoms with van der Waals surface area (Å²) in [5.74, 6) is -0.0130. The van der Waals surface area contributed by atoms with Crippen LogP contribution in [0.3, 0.4) is 0 Å². The third-order valence-electron chi connectivity index (χ3n) is 15.6. The standard InChI is InChI=1S/C66H129NO5/c1-3-5-7-9-11-13-14-15-16-34-37-40-44-48-52-56-60-66(71)72-61-57-53-49-45-41-38-35-32-30-28-26-24-22-20-18-17-19-21-23-25-27-29-31-33-36-39-43-47-51-55-59-65(70)67-63(62-68)64(69)58-54-50-46-42-12-10-8-6-4-2/h18,20,63-64,68-69H,3-17,19,21-62H2,1-2H3,(H,67,70)/b20-18-.